The van der Waals surface area contributed by atoms with Crippen molar-refractivity contribution in [3.63, 3.8) is 0 Å². The van der Waals surface area contributed by atoms with E-state index in [1.54, 1.807) is 11.0 Å². The number of hydrogen-bond acceptors (Lipinski definition) is 3. The van der Waals surface area contributed by atoms with Gasteiger partial charge >= 0.3 is 0 Å². The Balaban J connectivity index is 1.53. The summed E-state index contributed by atoms with van der Waals surface area (Å²) in [5.41, 5.74) is -0.667. The molecule has 1 N–H and O–H groups in total. The quantitative estimate of drug-likeness (QED) is 0.687. The first-order chi connectivity index (χ1) is 16.2. The number of ether oxygens (including phenoxy) is 1. The molecule has 34 heavy (non-hydrogen) atoms. The van der Waals surface area contributed by atoms with Crippen molar-refractivity contribution in [2.24, 2.45) is 5.92 Å². The molecular formula is C25H24F4N2O3. The van der Waals surface area contributed by atoms with Gasteiger partial charge in [0, 0.05) is 17.7 Å². The van der Waals surface area contributed by atoms with Gasteiger partial charge in [-0.3, -0.25) is 9.59 Å². The zero-order chi connectivity index (χ0) is 24.2. The first kappa shape index (κ1) is 22.8. The predicted molar refractivity (Wildman–Crippen MR) is 115 cm³/mol. The van der Waals surface area contributed by atoms with Crippen LogP contribution in [-0.2, 0) is 20.7 Å². The van der Waals surface area contributed by atoms with Crippen LogP contribution in [0.3, 0.4) is 0 Å². The van der Waals surface area contributed by atoms with Crippen molar-refractivity contribution in [1.29, 1.82) is 0 Å². The fourth-order valence-electron chi connectivity index (χ4n) is 5.45. The lowest BCUT2D eigenvalue weighted by Crippen LogP contribution is -2.64. The van der Waals surface area contributed by atoms with Crippen molar-refractivity contribution in [2.45, 2.75) is 50.0 Å². The summed E-state index contributed by atoms with van der Waals surface area (Å²) in [4.78, 5) is 26.9. The topological polar surface area (TPSA) is 58.6 Å². The molecule has 0 bridgehead atoms. The van der Waals surface area contributed by atoms with E-state index in [0.29, 0.717) is 12.5 Å². The highest BCUT2D eigenvalue weighted by Gasteiger charge is 2.58. The van der Waals surface area contributed by atoms with Crippen LogP contribution in [-0.4, -0.2) is 53.7 Å². The lowest BCUT2D eigenvalue weighted by atomic mass is 9.84. The van der Waals surface area contributed by atoms with Gasteiger partial charge in [0.2, 0.25) is 11.8 Å². The number of alkyl halides is 1. The van der Waals surface area contributed by atoms with Crippen LogP contribution >= 0.6 is 0 Å². The summed E-state index contributed by atoms with van der Waals surface area (Å²) in [6.45, 7) is 1.84. The number of likely N-dealkylation sites (tertiary alicyclic amines) is 1. The normalized spacial score (nSPS) is 30.5. The number of nitrogens with one attached hydrogen (secondary N) is 1. The van der Waals surface area contributed by atoms with Crippen LogP contribution < -0.4 is 5.32 Å². The minimum absolute atomic E-state index is 0.0147. The third-order valence-electron chi connectivity index (χ3n) is 7.04. The molecule has 2 saturated heterocycles. The molecule has 1 saturated carbocycles. The summed E-state index contributed by atoms with van der Waals surface area (Å²) in [7, 11) is 0. The number of nitrogens with zero attached hydrogens (tertiary/aromatic N) is 1. The molecule has 2 heterocycles. The van der Waals surface area contributed by atoms with Crippen molar-refractivity contribution in [3.8, 4) is 11.1 Å². The van der Waals surface area contributed by atoms with Crippen LogP contribution in [0.4, 0.5) is 17.6 Å². The van der Waals surface area contributed by atoms with Crippen LogP contribution in [0.25, 0.3) is 11.1 Å². The third-order valence-corrected chi connectivity index (χ3v) is 7.04. The van der Waals surface area contributed by atoms with E-state index in [0.717, 1.165) is 12.1 Å². The van der Waals surface area contributed by atoms with Gasteiger partial charge < -0.3 is 15.0 Å². The van der Waals surface area contributed by atoms with E-state index in [9.17, 15) is 22.8 Å². The fraction of sp³-hybridized carbons (Fsp3) is 0.440. The number of benzene rings is 2. The van der Waals surface area contributed by atoms with Crippen molar-refractivity contribution >= 4 is 11.8 Å². The number of rotatable bonds is 4. The monoisotopic (exact) mass is 476 g/mol. The first-order valence-corrected chi connectivity index (χ1v) is 11.3. The third kappa shape index (κ3) is 3.96. The van der Waals surface area contributed by atoms with Gasteiger partial charge in [-0.05, 0) is 49.4 Å². The van der Waals surface area contributed by atoms with E-state index in [4.69, 9.17) is 4.74 Å². The Bertz CT molecular complexity index is 1140. The van der Waals surface area contributed by atoms with Gasteiger partial charge in [-0.25, -0.2) is 17.6 Å². The number of hydrogen-bond donors (Lipinski definition) is 1. The lowest BCUT2D eigenvalue weighted by molar-refractivity contribution is -0.141. The van der Waals surface area contributed by atoms with Crippen molar-refractivity contribution < 1.29 is 31.9 Å². The summed E-state index contributed by atoms with van der Waals surface area (Å²) in [5, 5.41) is 2.96. The molecule has 1 spiro atoms. The molecule has 5 rings (SSSR count). The Morgan fingerprint density at radius 1 is 1.21 bits per heavy atom. The predicted octanol–water partition coefficient (Wildman–Crippen LogP) is 3.55. The van der Waals surface area contributed by atoms with Crippen molar-refractivity contribution in [3.05, 3.63) is 59.4 Å². The summed E-state index contributed by atoms with van der Waals surface area (Å²) < 4.78 is 62.4. The van der Waals surface area contributed by atoms with E-state index < -0.39 is 41.1 Å². The second-order valence-corrected chi connectivity index (χ2v) is 9.51. The van der Waals surface area contributed by atoms with E-state index >= 15 is 4.39 Å². The number of amides is 2. The molecule has 3 aliphatic rings. The average Bonchev–Trinajstić information content (AvgIpc) is 3.44. The average molecular weight is 476 g/mol. The van der Waals surface area contributed by atoms with Gasteiger partial charge in [0.25, 0.3) is 0 Å². The molecule has 1 aliphatic carbocycles. The molecule has 5 nitrogen and oxygen atoms in total. The standard InChI is InChI=1S/C25H24F4N2O3/c1-13-10-25(12-34-11-22(32)30-25)21(31(13)24(33)19-9-20(19)28)7-14-3-2-4-18(23(14)29)15-5-16(26)8-17(27)6-15/h2-6,8,13,19-21H,7,9-12H2,1H3,(H,30,32)/t13-,19+,20+,21+,25-/m1/s1. The van der Waals surface area contributed by atoms with Gasteiger partial charge in [-0.1, -0.05) is 18.2 Å². The second kappa shape index (κ2) is 8.37. The van der Waals surface area contributed by atoms with E-state index in [1.165, 1.54) is 12.1 Å². The largest absolute Gasteiger partial charge is 0.369 e. The Kier molecular flexibility index (Phi) is 5.62. The van der Waals surface area contributed by atoms with Crippen molar-refractivity contribution in [1.82, 2.24) is 10.2 Å². The molecular weight excluding hydrogens is 452 g/mol. The maximum absolute atomic E-state index is 15.6. The molecule has 180 valence electrons. The maximum atomic E-state index is 15.6. The highest BCUT2D eigenvalue weighted by molar-refractivity contribution is 5.84. The lowest BCUT2D eigenvalue weighted by Gasteiger charge is -2.41. The van der Waals surface area contributed by atoms with Crippen LogP contribution in [0.2, 0.25) is 0 Å². The number of carbonyl (C=O) groups excluding carboxylic acids is 2. The highest BCUT2D eigenvalue weighted by Crippen LogP contribution is 2.43. The van der Waals surface area contributed by atoms with Gasteiger partial charge in [0.15, 0.2) is 0 Å². The van der Waals surface area contributed by atoms with E-state index in [1.807, 2.05) is 6.92 Å². The second-order valence-electron chi connectivity index (χ2n) is 9.51. The molecule has 2 aliphatic heterocycles. The Labute approximate surface area is 194 Å². The van der Waals surface area contributed by atoms with Crippen LogP contribution in [0.15, 0.2) is 36.4 Å². The summed E-state index contributed by atoms with van der Waals surface area (Å²) in [6.07, 6.45) is -0.646. The van der Waals surface area contributed by atoms with Crippen LogP contribution in [0.5, 0.6) is 0 Å². The SMILES string of the molecule is C[C@@H]1C[C@@]2(COCC(=O)N2)[C@H](Cc2cccc(-c3cc(F)cc(F)c3)c2F)N1C(=O)[C@H]1C[C@@H]1F. The molecule has 3 fully saturated rings. The van der Waals surface area contributed by atoms with Crippen molar-refractivity contribution in [2.75, 3.05) is 13.2 Å². The van der Waals surface area contributed by atoms with Gasteiger partial charge in [-0.2, -0.15) is 0 Å². The molecule has 0 radical (unpaired) electrons. The maximum Gasteiger partial charge on any atom is 0.246 e. The Morgan fingerprint density at radius 3 is 2.56 bits per heavy atom. The summed E-state index contributed by atoms with van der Waals surface area (Å²) in [6, 6.07) is 6.33. The minimum Gasteiger partial charge on any atom is -0.369 e. The molecule has 2 aromatic rings. The Morgan fingerprint density at radius 2 is 1.91 bits per heavy atom. The molecule has 2 aromatic carbocycles. The van der Waals surface area contributed by atoms with Gasteiger partial charge in [0.1, 0.15) is 30.2 Å². The zero-order valence-corrected chi connectivity index (χ0v) is 18.5. The first-order valence-electron chi connectivity index (χ1n) is 11.3. The fourth-order valence-corrected chi connectivity index (χ4v) is 5.45. The zero-order valence-electron chi connectivity index (χ0n) is 18.5. The minimum atomic E-state index is -1.20. The summed E-state index contributed by atoms with van der Waals surface area (Å²) in [5.74, 6) is -3.75. The number of morpholine rings is 1. The molecule has 9 heteroatoms. The molecule has 2 amide bonds. The highest BCUT2D eigenvalue weighted by atomic mass is 19.1. The molecule has 0 unspecified atom stereocenters. The summed E-state index contributed by atoms with van der Waals surface area (Å²) >= 11 is 0. The molecule has 5 atom stereocenters. The number of halogens is 4. The number of carbonyl (C=O) groups is 2. The van der Waals surface area contributed by atoms with Crippen LogP contribution in [0, 0.1) is 23.4 Å². The Hall–Kier alpha value is -2.94. The molecule has 0 aromatic heterocycles. The van der Waals surface area contributed by atoms with E-state index in [2.05, 4.69) is 5.32 Å². The van der Waals surface area contributed by atoms with Gasteiger partial charge in [0.05, 0.1) is 24.1 Å². The van der Waals surface area contributed by atoms with E-state index in [-0.39, 0.29) is 60.6 Å². The smallest absolute Gasteiger partial charge is 0.246 e. The van der Waals surface area contributed by atoms with Gasteiger partial charge in [-0.15, -0.1) is 0 Å². The van der Waals surface area contributed by atoms with Crippen LogP contribution in [0.1, 0.15) is 25.3 Å².